The molecule has 0 saturated carbocycles. The molecule has 1 amide bonds. The highest BCUT2D eigenvalue weighted by atomic mass is 19.1. The van der Waals surface area contributed by atoms with Gasteiger partial charge in [0.25, 0.3) is 5.91 Å². The maximum absolute atomic E-state index is 12.9. The SMILES string of the molecule is COc1cccc(C(=O)Nc2ccc(NCCc3ccc(F)cc3)cn2)c1. The first-order valence-electron chi connectivity index (χ1n) is 8.54. The van der Waals surface area contributed by atoms with E-state index in [1.807, 2.05) is 6.07 Å². The van der Waals surface area contributed by atoms with Crippen LogP contribution in [0.15, 0.2) is 66.9 Å². The first-order chi connectivity index (χ1) is 13.1. The number of amides is 1. The summed E-state index contributed by atoms with van der Waals surface area (Å²) < 4.78 is 18.0. The average molecular weight is 365 g/mol. The number of anilines is 2. The number of nitrogens with zero attached hydrogens (tertiary/aromatic N) is 1. The van der Waals surface area contributed by atoms with E-state index < -0.39 is 0 Å². The van der Waals surface area contributed by atoms with Crippen molar-refractivity contribution >= 4 is 17.4 Å². The smallest absolute Gasteiger partial charge is 0.256 e. The van der Waals surface area contributed by atoms with Gasteiger partial charge in [0.2, 0.25) is 0 Å². The second kappa shape index (κ2) is 8.80. The van der Waals surface area contributed by atoms with Crippen LogP contribution >= 0.6 is 0 Å². The van der Waals surface area contributed by atoms with Gasteiger partial charge >= 0.3 is 0 Å². The van der Waals surface area contributed by atoms with Crippen molar-refractivity contribution in [1.82, 2.24) is 4.98 Å². The van der Waals surface area contributed by atoms with Gasteiger partial charge in [-0.15, -0.1) is 0 Å². The van der Waals surface area contributed by atoms with Crippen LogP contribution in [0.1, 0.15) is 15.9 Å². The van der Waals surface area contributed by atoms with Crippen LogP contribution in [-0.2, 0) is 6.42 Å². The Hall–Kier alpha value is -3.41. The van der Waals surface area contributed by atoms with E-state index in [9.17, 15) is 9.18 Å². The minimum absolute atomic E-state index is 0.234. The summed E-state index contributed by atoms with van der Waals surface area (Å²) in [5.41, 5.74) is 2.40. The van der Waals surface area contributed by atoms with E-state index in [-0.39, 0.29) is 11.7 Å². The molecule has 0 radical (unpaired) electrons. The van der Waals surface area contributed by atoms with Crippen molar-refractivity contribution in [2.24, 2.45) is 0 Å². The standard InChI is InChI=1S/C21H20FN3O2/c1-27-19-4-2-3-16(13-19)21(26)25-20-10-9-18(14-24-20)23-12-11-15-5-7-17(22)8-6-15/h2-10,13-14,23H,11-12H2,1H3,(H,24,25,26). The minimum Gasteiger partial charge on any atom is -0.497 e. The van der Waals surface area contributed by atoms with Crippen LogP contribution in [-0.4, -0.2) is 24.5 Å². The number of nitrogens with one attached hydrogen (secondary N) is 2. The fourth-order valence-corrected chi connectivity index (χ4v) is 2.53. The third kappa shape index (κ3) is 5.28. The molecule has 1 aromatic heterocycles. The molecule has 0 fully saturated rings. The maximum atomic E-state index is 12.9. The van der Waals surface area contributed by atoms with Crippen LogP contribution in [0.2, 0.25) is 0 Å². The first-order valence-corrected chi connectivity index (χ1v) is 8.54. The molecule has 0 unspecified atom stereocenters. The average Bonchev–Trinajstić information content (AvgIpc) is 2.71. The van der Waals surface area contributed by atoms with Crippen LogP contribution in [0.5, 0.6) is 5.75 Å². The number of carbonyl (C=O) groups excluding carboxylic acids is 1. The zero-order valence-electron chi connectivity index (χ0n) is 14.9. The van der Waals surface area contributed by atoms with E-state index in [0.717, 1.165) is 17.7 Å². The number of halogens is 1. The molecule has 138 valence electrons. The van der Waals surface area contributed by atoms with Crippen molar-refractivity contribution in [2.75, 3.05) is 24.3 Å². The molecule has 0 spiro atoms. The van der Waals surface area contributed by atoms with Crippen molar-refractivity contribution in [3.05, 3.63) is 83.8 Å². The lowest BCUT2D eigenvalue weighted by atomic mass is 10.1. The molecule has 0 saturated heterocycles. The Morgan fingerprint density at radius 2 is 1.93 bits per heavy atom. The van der Waals surface area contributed by atoms with E-state index in [2.05, 4.69) is 15.6 Å². The number of benzene rings is 2. The van der Waals surface area contributed by atoms with Crippen LogP contribution in [0.4, 0.5) is 15.9 Å². The molecule has 0 aliphatic carbocycles. The van der Waals surface area contributed by atoms with Crippen molar-refractivity contribution in [3.8, 4) is 5.75 Å². The van der Waals surface area contributed by atoms with Crippen LogP contribution in [0.25, 0.3) is 0 Å². The summed E-state index contributed by atoms with van der Waals surface area (Å²) in [5.74, 6) is 0.601. The largest absolute Gasteiger partial charge is 0.497 e. The molecule has 27 heavy (non-hydrogen) atoms. The summed E-state index contributed by atoms with van der Waals surface area (Å²) in [5, 5.41) is 6.00. The van der Waals surface area contributed by atoms with Crippen molar-refractivity contribution in [3.63, 3.8) is 0 Å². The van der Waals surface area contributed by atoms with Gasteiger partial charge in [0.05, 0.1) is 19.0 Å². The monoisotopic (exact) mass is 365 g/mol. The fourth-order valence-electron chi connectivity index (χ4n) is 2.53. The highest BCUT2D eigenvalue weighted by Crippen LogP contribution is 2.15. The van der Waals surface area contributed by atoms with Gasteiger partial charge in [-0.2, -0.15) is 0 Å². The Balaban J connectivity index is 1.52. The van der Waals surface area contributed by atoms with Crippen molar-refractivity contribution in [1.29, 1.82) is 0 Å². The number of ether oxygens (including phenoxy) is 1. The third-order valence-corrected chi connectivity index (χ3v) is 3.99. The van der Waals surface area contributed by atoms with Gasteiger partial charge < -0.3 is 15.4 Å². The van der Waals surface area contributed by atoms with Gasteiger partial charge in [-0.3, -0.25) is 4.79 Å². The lowest BCUT2D eigenvalue weighted by Gasteiger charge is -2.09. The van der Waals surface area contributed by atoms with Gasteiger partial charge in [0, 0.05) is 12.1 Å². The van der Waals surface area contributed by atoms with Gasteiger partial charge in [-0.25, -0.2) is 9.37 Å². The molecule has 2 N–H and O–H groups in total. The molecule has 6 heteroatoms. The lowest BCUT2D eigenvalue weighted by Crippen LogP contribution is -2.13. The maximum Gasteiger partial charge on any atom is 0.256 e. The Morgan fingerprint density at radius 1 is 1.11 bits per heavy atom. The zero-order valence-corrected chi connectivity index (χ0v) is 14.9. The topological polar surface area (TPSA) is 63.2 Å². The summed E-state index contributed by atoms with van der Waals surface area (Å²) in [6.45, 7) is 0.697. The lowest BCUT2D eigenvalue weighted by molar-refractivity contribution is 0.102. The van der Waals surface area contributed by atoms with Gasteiger partial charge in [0.15, 0.2) is 0 Å². The minimum atomic E-state index is -0.251. The third-order valence-electron chi connectivity index (χ3n) is 3.99. The molecule has 2 aromatic carbocycles. The summed E-state index contributed by atoms with van der Waals surface area (Å²) in [7, 11) is 1.56. The number of pyridine rings is 1. The molecular formula is C21H20FN3O2. The Labute approximate surface area is 157 Å². The summed E-state index contributed by atoms with van der Waals surface area (Å²) in [6, 6.07) is 16.9. The predicted molar refractivity (Wildman–Crippen MR) is 104 cm³/mol. The van der Waals surface area contributed by atoms with E-state index in [0.29, 0.717) is 23.7 Å². The predicted octanol–water partition coefficient (Wildman–Crippen LogP) is 4.14. The van der Waals surface area contributed by atoms with Gasteiger partial charge in [0.1, 0.15) is 17.4 Å². The van der Waals surface area contributed by atoms with E-state index in [1.54, 1.807) is 55.8 Å². The van der Waals surface area contributed by atoms with Crippen LogP contribution in [0.3, 0.4) is 0 Å². The highest BCUT2D eigenvalue weighted by molar-refractivity contribution is 6.04. The van der Waals surface area contributed by atoms with Gasteiger partial charge in [-0.05, 0) is 54.4 Å². The van der Waals surface area contributed by atoms with Gasteiger partial charge in [-0.1, -0.05) is 18.2 Å². The van der Waals surface area contributed by atoms with Crippen LogP contribution in [0, 0.1) is 5.82 Å². The summed E-state index contributed by atoms with van der Waals surface area (Å²) >= 11 is 0. The quantitative estimate of drug-likeness (QED) is 0.661. The Bertz CT molecular complexity index is 896. The van der Waals surface area contributed by atoms with Crippen molar-refractivity contribution < 1.29 is 13.9 Å². The van der Waals surface area contributed by atoms with E-state index >= 15 is 0 Å². The normalized spacial score (nSPS) is 10.3. The van der Waals surface area contributed by atoms with E-state index in [4.69, 9.17) is 4.74 Å². The number of hydrogen-bond donors (Lipinski definition) is 2. The molecule has 3 aromatic rings. The number of hydrogen-bond acceptors (Lipinski definition) is 4. The molecular weight excluding hydrogens is 345 g/mol. The number of methoxy groups -OCH3 is 1. The highest BCUT2D eigenvalue weighted by Gasteiger charge is 2.08. The zero-order chi connectivity index (χ0) is 19.1. The second-order valence-corrected chi connectivity index (χ2v) is 5.92. The number of aromatic nitrogens is 1. The molecule has 1 heterocycles. The second-order valence-electron chi connectivity index (χ2n) is 5.92. The molecule has 0 aliphatic heterocycles. The molecule has 3 rings (SSSR count). The Morgan fingerprint density at radius 3 is 2.63 bits per heavy atom. The molecule has 0 bridgehead atoms. The van der Waals surface area contributed by atoms with E-state index in [1.165, 1.54) is 12.1 Å². The summed E-state index contributed by atoms with van der Waals surface area (Å²) in [6.07, 6.45) is 2.43. The van der Waals surface area contributed by atoms with Crippen LogP contribution < -0.4 is 15.4 Å². The fraction of sp³-hybridized carbons (Fsp3) is 0.143. The van der Waals surface area contributed by atoms with Crippen molar-refractivity contribution in [2.45, 2.75) is 6.42 Å². The molecule has 0 aliphatic rings. The first kappa shape index (κ1) is 18.4. The number of rotatable bonds is 7. The molecule has 5 nitrogen and oxygen atoms in total. The number of carbonyl (C=O) groups is 1. The summed E-state index contributed by atoms with van der Waals surface area (Å²) in [4.78, 5) is 16.5. The Kier molecular flexibility index (Phi) is 5.99. The molecule has 0 atom stereocenters.